The number of likely N-dealkylation sites (tertiary alicyclic amines) is 1. The number of nitrogens with one attached hydrogen (secondary N) is 1. The van der Waals surface area contributed by atoms with E-state index < -0.39 is 5.79 Å². The molecular weight excluding hydrogens is 324 g/mol. The van der Waals surface area contributed by atoms with Gasteiger partial charge in [-0.15, -0.1) is 0 Å². The van der Waals surface area contributed by atoms with Gasteiger partial charge >= 0.3 is 6.03 Å². The lowest BCUT2D eigenvalue weighted by atomic mass is 10.0. The molecule has 0 saturated carbocycles. The summed E-state index contributed by atoms with van der Waals surface area (Å²) in [5.41, 5.74) is 1.23. The van der Waals surface area contributed by atoms with Crippen LogP contribution < -0.4 is 5.32 Å². The molecule has 1 aromatic rings. The second kappa shape index (κ2) is 7.37. The van der Waals surface area contributed by atoms with E-state index in [-0.39, 0.29) is 18.5 Å². The Morgan fingerprint density at radius 3 is 2.60 bits per heavy atom. The van der Waals surface area contributed by atoms with Gasteiger partial charge in [-0.25, -0.2) is 4.79 Å². The minimum Gasteiger partial charge on any atom is -0.347 e. The first-order valence-corrected chi connectivity index (χ1v) is 8.46. The molecule has 2 aliphatic rings. The molecule has 2 aliphatic heterocycles. The predicted molar refractivity (Wildman–Crippen MR) is 89.9 cm³/mol. The van der Waals surface area contributed by atoms with Crippen LogP contribution in [0.15, 0.2) is 18.3 Å². The van der Waals surface area contributed by atoms with Crippen molar-refractivity contribution in [3.05, 3.63) is 29.6 Å². The average molecular weight is 348 g/mol. The highest BCUT2D eigenvalue weighted by atomic mass is 16.7. The standard InChI is InChI=1S/C17H24N4O4/c1-20(2)16(23)19-12-14-11-13(3-6-18-14)15(22)21-7-4-17(5-8-21)24-9-10-25-17/h3,6,11H,4-5,7-10,12H2,1-2H3,(H,19,23). The third-order valence-corrected chi connectivity index (χ3v) is 4.52. The van der Waals surface area contributed by atoms with E-state index in [0.717, 1.165) is 0 Å². The first-order valence-electron chi connectivity index (χ1n) is 8.46. The lowest BCUT2D eigenvalue weighted by Gasteiger charge is -2.37. The largest absolute Gasteiger partial charge is 0.347 e. The molecule has 2 saturated heterocycles. The van der Waals surface area contributed by atoms with Crippen molar-refractivity contribution in [1.29, 1.82) is 0 Å². The van der Waals surface area contributed by atoms with Gasteiger partial charge in [-0.3, -0.25) is 9.78 Å². The number of carbonyl (C=O) groups is 2. The molecule has 136 valence electrons. The molecule has 25 heavy (non-hydrogen) atoms. The van der Waals surface area contributed by atoms with Crippen LogP contribution in [-0.4, -0.2) is 72.9 Å². The summed E-state index contributed by atoms with van der Waals surface area (Å²) in [6.07, 6.45) is 2.98. The monoisotopic (exact) mass is 348 g/mol. The molecule has 0 bridgehead atoms. The summed E-state index contributed by atoms with van der Waals surface area (Å²) in [7, 11) is 3.34. The maximum Gasteiger partial charge on any atom is 0.317 e. The molecular formula is C17H24N4O4. The smallest absolute Gasteiger partial charge is 0.317 e. The first-order chi connectivity index (χ1) is 12.0. The number of pyridine rings is 1. The fourth-order valence-electron chi connectivity index (χ4n) is 3.05. The number of aromatic nitrogens is 1. The van der Waals surface area contributed by atoms with Crippen molar-refractivity contribution in [2.45, 2.75) is 25.2 Å². The molecule has 8 heteroatoms. The molecule has 1 N–H and O–H groups in total. The summed E-state index contributed by atoms with van der Waals surface area (Å²) in [5.74, 6) is -0.521. The van der Waals surface area contributed by atoms with E-state index in [9.17, 15) is 9.59 Å². The number of rotatable bonds is 3. The zero-order valence-electron chi connectivity index (χ0n) is 14.7. The molecule has 0 unspecified atom stereocenters. The summed E-state index contributed by atoms with van der Waals surface area (Å²) in [4.78, 5) is 31.8. The first kappa shape index (κ1) is 17.6. The van der Waals surface area contributed by atoms with Crippen LogP contribution in [0.1, 0.15) is 28.9 Å². The topological polar surface area (TPSA) is 84.0 Å². The van der Waals surface area contributed by atoms with Gasteiger partial charge in [-0.05, 0) is 12.1 Å². The Morgan fingerprint density at radius 2 is 1.96 bits per heavy atom. The van der Waals surface area contributed by atoms with Gasteiger partial charge in [0.05, 0.1) is 25.5 Å². The summed E-state index contributed by atoms with van der Waals surface area (Å²) in [5, 5.41) is 2.74. The van der Waals surface area contributed by atoms with Crippen molar-refractivity contribution in [1.82, 2.24) is 20.1 Å². The third kappa shape index (κ3) is 4.08. The fraction of sp³-hybridized carbons (Fsp3) is 0.588. The van der Waals surface area contributed by atoms with E-state index in [4.69, 9.17) is 9.47 Å². The fourth-order valence-corrected chi connectivity index (χ4v) is 3.05. The van der Waals surface area contributed by atoms with Crippen molar-refractivity contribution in [2.75, 3.05) is 40.4 Å². The lowest BCUT2D eigenvalue weighted by Crippen LogP contribution is -2.47. The minimum absolute atomic E-state index is 0.0320. The predicted octanol–water partition coefficient (Wildman–Crippen LogP) is 0.832. The van der Waals surface area contributed by atoms with Gasteiger partial charge in [-0.2, -0.15) is 0 Å². The average Bonchev–Trinajstić information content (AvgIpc) is 3.08. The summed E-state index contributed by atoms with van der Waals surface area (Å²) in [6.45, 7) is 2.74. The van der Waals surface area contributed by atoms with E-state index in [0.29, 0.717) is 50.4 Å². The number of hydrogen-bond acceptors (Lipinski definition) is 5. The van der Waals surface area contributed by atoms with Crippen molar-refractivity contribution in [3.8, 4) is 0 Å². The van der Waals surface area contributed by atoms with E-state index in [1.54, 1.807) is 32.4 Å². The number of urea groups is 1. The van der Waals surface area contributed by atoms with E-state index in [1.807, 2.05) is 4.90 Å². The Bertz CT molecular complexity index is 633. The highest BCUT2D eigenvalue weighted by Gasteiger charge is 2.40. The molecule has 0 radical (unpaired) electrons. The van der Waals surface area contributed by atoms with Gasteiger partial charge < -0.3 is 24.6 Å². The second-order valence-corrected chi connectivity index (χ2v) is 6.49. The van der Waals surface area contributed by atoms with Crippen LogP contribution in [0.2, 0.25) is 0 Å². The van der Waals surface area contributed by atoms with Gasteiger partial charge in [-0.1, -0.05) is 0 Å². The van der Waals surface area contributed by atoms with E-state index >= 15 is 0 Å². The molecule has 3 amide bonds. The Balaban J connectivity index is 1.59. The minimum atomic E-state index is -0.489. The molecule has 0 aromatic carbocycles. The molecule has 3 rings (SSSR count). The Kier molecular flexibility index (Phi) is 5.19. The van der Waals surface area contributed by atoms with Crippen LogP contribution in [-0.2, 0) is 16.0 Å². The van der Waals surface area contributed by atoms with Gasteiger partial charge in [0.25, 0.3) is 5.91 Å². The zero-order valence-corrected chi connectivity index (χ0v) is 14.7. The quantitative estimate of drug-likeness (QED) is 0.875. The molecule has 8 nitrogen and oxygen atoms in total. The van der Waals surface area contributed by atoms with Crippen molar-refractivity contribution in [3.63, 3.8) is 0 Å². The maximum atomic E-state index is 12.7. The number of piperidine rings is 1. The number of carbonyl (C=O) groups excluding carboxylic acids is 2. The number of nitrogens with zero attached hydrogens (tertiary/aromatic N) is 3. The van der Waals surface area contributed by atoms with Crippen LogP contribution in [0.4, 0.5) is 4.79 Å². The number of hydrogen-bond donors (Lipinski definition) is 1. The third-order valence-electron chi connectivity index (χ3n) is 4.52. The van der Waals surface area contributed by atoms with Crippen LogP contribution in [0.3, 0.4) is 0 Å². The van der Waals surface area contributed by atoms with Gasteiger partial charge in [0.15, 0.2) is 5.79 Å². The lowest BCUT2D eigenvalue weighted by molar-refractivity contribution is -0.181. The van der Waals surface area contributed by atoms with Crippen LogP contribution >= 0.6 is 0 Å². The Morgan fingerprint density at radius 1 is 1.28 bits per heavy atom. The molecule has 1 aromatic heterocycles. The van der Waals surface area contributed by atoms with Gasteiger partial charge in [0.2, 0.25) is 0 Å². The van der Waals surface area contributed by atoms with Gasteiger partial charge in [0.1, 0.15) is 0 Å². The molecule has 2 fully saturated rings. The van der Waals surface area contributed by atoms with Crippen molar-refractivity contribution in [2.24, 2.45) is 0 Å². The van der Waals surface area contributed by atoms with Crippen LogP contribution in [0, 0.1) is 0 Å². The molecule has 1 spiro atoms. The summed E-state index contributed by atoms with van der Waals surface area (Å²) >= 11 is 0. The maximum absolute atomic E-state index is 12.7. The summed E-state index contributed by atoms with van der Waals surface area (Å²) in [6, 6.07) is 3.23. The van der Waals surface area contributed by atoms with Crippen molar-refractivity contribution < 1.29 is 19.1 Å². The van der Waals surface area contributed by atoms with E-state index in [2.05, 4.69) is 10.3 Å². The number of ether oxygens (including phenoxy) is 2. The van der Waals surface area contributed by atoms with Crippen LogP contribution in [0.5, 0.6) is 0 Å². The SMILES string of the molecule is CN(C)C(=O)NCc1cc(C(=O)N2CCC3(CC2)OCCO3)ccn1. The molecule has 3 heterocycles. The molecule has 0 aliphatic carbocycles. The number of amides is 3. The van der Waals surface area contributed by atoms with Gasteiger partial charge in [0, 0.05) is 51.8 Å². The van der Waals surface area contributed by atoms with E-state index in [1.165, 1.54) is 4.90 Å². The second-order valence-electron chi connectivity index (χ2n) is 6.49. The highest BCUT2D eigenvalue weighted by Crippen LogP contribution is 2.31. The molecule has 0 atom stereocenters. The zero-order chi connectivity index (χ0) is 17.9. The van der Waals surface area contributed by atoms with Crippen LogP contribution in [0.25, 0.3) is 0 Å². The summed E-state index contributed by atoms with van der Waals surface area (Å²) < 4.78 is 11.4. The Labute approximate surface area is 147 Å². The highest BCUT2D eigenvalue weighted by molar-refractivity contribution is 5.94. The normalized spacial score (nSPS) is 19.0. The van der Waals surface area contributed by atoms with Crippen molar-refractivity contribution >= 4 is 11.9 Å². The Hall–Kier alpha value is -2.19.